The molecule has 2 atom stereocenters. The van der Waals surface area contributed by atoms with Crippen LogP contribution in [-0.2, 0) is 4.79 Å². The Morgan fingerprint density at radius 1 is 1.00 bits per heavy atom. The molecule has 2 aromatic carbocycles. The molecule has 1 saturated heterocycles. The van der Waals surface area contributed by atoms with Gasteiger partial charge in [0, 0.05) is 22.7 Å². The maximum Gasteiger partial charge on any atom is 0.307 e. The minimum Gasteiger partial charge on any atom is -0.496 e. The van der Waals surface area contributed by atoms with Crippen molar-refractivity contribution in [3.05, 3.63) is 46.5 Å². The zero-order valence-electron chi connectivity index (χ0n) is 18.2. The summed E-state index contributed by atoms with van der Waals surface area (Å²) < 4.78 is 22.4. The molecule has 0 spiro atoms. The maximum absolute atomic E-state index is 11.7. The lowest BCUT2D eigenvalue weighted by atomic mass is 9.90. The molecule has 0 bridgehead atoms. The second kappa shape index (κ2) is 10.1. The van der Waals surface area contributed by atoms with Crippen LogP contribution in [0.15, 0.2) is 30.3 Å². The SMILES string of the molecule is COc1ccc(Cl)cc1C(c1ccc(OC)c(OC)c1OC)N1CCCC(C(=O)O)C1. The van der Waals surface area contributed by atoms with E-state index in [1.807, 2.05) is 24.3 Å². The second-order valence-electron chi connectivity index (χ2n) is 7.38. The van der Waals surface area contributed by atoms with Gasteiger partial charge in [-0.05, 0) is 49.7 Å². The molecule has 0 aliphatic carbocycles. The van der Waals surface area contributed by atoms with Crippen LogP contribution in [0.3, 0.4) is 0 Å². The quantitative estimate of drug-likeness (QED) is 0.645. The fourth-order valence-electron chi connectivity index (χ4n) is 4.26. The lowest BCUT2D eigenvalue weighted by Crippen LogP contribution is -2.41. The van der Waals surface area contributed by atoms with Crippen LogP contribution in [0.4, 0.5) is 0 Å². The standard InChI is InChI=1S/C23H28ClNO6/c1-28-18-9-7-15(24)12-17(18)20(25-11-5-6-14(13-25)23(26)27)16-8-10-19(29-2)22(31-4)21(16)30-3/h7-10,12,14,20H,5-6,11,13H2,1-4H3,(H,26,27). The number of ether oxygens (including phenoxy) is 4. The maximum atomic E-state index is 11.7. The largest absolute Gasteiger partial charge is 0.496 e. The van der Waals surface area contributed by atoms with Crippen molar-refractivity contribution in [2.45, 2.75) is 18.9 Å². The molecule has 1 fully saturated rings. The second-order valence-corrected chi connectivity index (χ2v) is 7.82. The predicted octanol–water partition coefficient (Wildman–Crippen LogP) is 4.26. The van der Waals surface area contributed by atoms with Crippen molar-refractivity contribution in [1.82, 2.24) is 4.90 Å². The molecule has 31 heavy (non-hydrogen) atoms. The Labute approximate surface area is 187 Å². The normalized spacial score (nSPS) is 17.6. The van der Waals surface area contributed by atoms with Crippen molar-refractivity contribution in [3.8, 4) is 23.0 Å². The molecule has 1 aliphatic rings. The molecule has 2 aromatic rings. The van der Waals surface area contributed by atoms with E-state index in [0.29, 0.717) is 41.0 Å². The fourth-order valence-corrected chi connectivity index (χ4v) is 4.44. The topological polar surface area (TPSA) is 77.5 Å². The van der Waals surface area contributed by atoms with Gasteiger partial charge in [0.15, 0.2) is 11.5 Å². The van der Waals surface area contributed by atoms with E-state index in [-0.39, 0.29) is 6.04 Å². The summed E-state index contributed by atoms with van der Waals surface area (Å²) in [7, 11) is 6.30. The predicted molar refractivity (Wildman–Crippen MR) is 118 cm³/mol. The zero-order valence-corrected chi connectivity index (χ0v) is 18.9. The van der Waals surface area contributed by atoms with Crippen LogP contribution in [0, 0.1) is 5.92 Å². The third kappa shape index (κ3) is 4.67. The third-order valence-electron chi connectivity index (χ3n) is 5.68. The number of halogens is 1. The van der Waals surface area contributed by atoms with Gasteiger partial charge in [-0.3, -0.25) is 9.69 Å². The number of nitrogens with zero attached hydrogens (tertiary/aromatic N) is 1. The van der Waals surface area contributed by atoms with Crippen LogP contribution in [0.1, 0.15) is 30.0 Å². The van der Waals surface area contributed by atoms with Crippen molar-refractivity contribution in [1.29, 1.82) is 0 Å². The number of hydrogen-bond acceptors (Lipinski definition) is 6. The molecule has 1 heterocycles. The summed E-state index contributed by atoms with van der Waals surface area (Å²) in [5, 5.41) is 10.2. The highest BCUT2D eigenvalue weighted by Gasteiger charge is 2.35. The number of rotatable bonds is 8. The summed E-state index contributed by atoms with van der Waals surface area (Å²) in [6.07, 6.45) is 1.42. The summed E-state index contributed by atoms with van der Waals surface area (Å²) in [5.74, 6) is 0.950. The van der Waals surface area contributed by atoms with E-state index in [0.717, 1.165) is 24.1 Å². The molecule has 8 heteroatoms. The van der Waals surface area contributed by atoms with Crippen LogP contribution in [0.5, 0.6) is 23.0 Å². The van der Waals surface area contributed by atoms with Gasteiger partial charge < -0.3 is 24.1 Å². The molecule has 0 amide bonds. The highest BCUT2D eigenvalue weighted by atomic mass is 35.5. The lowest BCUT2D eigenvalue weighted by molar-refractivity contribution is -0.143. The minimum atomic E-state index is -0.791. The van der Waals surface area contributed by atoms with Gasteiger partial charge >= 0.3 is 5.97 Å². The Hall–Kier alpha value is -2.64. The number of likely N-dealkylation sites (tertiary alicyclic amines) is 1. The number of carboxylic acid groups (broad SMARTS) is 1. The van der Waals surface area contributed by atoms with Crippen molar-refractivity contribution >= 4 is 17.6 Å². The number of benzene rings is 2. The molecule has 3 rings (SSSR count). The Bertz CT molecular complexity index is 935. The van der Waals surface area contributed by atoms with Gasteiger partial charge in [0.2, 0.25) is 5.75 Å². The van der Waals surface area contributed by atoms with E-state index < -0.39 is 11.9 Å². The van der Waals surface area contributed by atoms with Gasteiger partial charge in [-0.2, -0.15) is 0 Å². The average molecular weight is 450 g/mol. The summed E-state index contributed by atoms with van der Waals surface area (Å²) in [6.45, 7) is 1.12. The van der Waals surface area contributed by atoms with Gasteiger partial charge in [0.25, 0.3) is 0 Å². The zero-order chi connectivity index (χ0) is 22.5. The third-order valence-corrected chi connectivity index (χ3v) is 5.92. The fraction of sp³-hybridized carbons (Fsp3) is 0.435. The van der Waals surface area contributed by atoms with Crippen LogP contribution in [0.2, 0.25) is 5.02 Å². The van der Waals surface area contributed by atoms with Crippen LogP contribution < -0.4 is 18.9 Å². The van der Waals surface area contributed by atoms with Crippen LogP contribution in [-0.4, -0.2) is 57.5 Å². The van der Waals surface area contributed by atoms with E-state index in [9.17, 15) is 9.90 Å². The molecule has 0 radical (unpaired) electrons. The van der Waals surface area contributed by atoms with E-state index in [1.54, 1.807) is 34.5 Å². The monoisotopic (exact) mass is 449 g/mol. The number of piperidine rings is 1. The van der Waals surface area contributed by atoms with E-state index >= 15 is 0 Å². The average Bonchev–Trinajstić information content (AvgIpc) is 2.79. The first-order chi connectivity index (χ1) is 14.9. The van der Waals surface area contributed by atoms with Crippen molar-refractivity contribution < 1.29 is 28.8 Å². The van der Waals surface area contributed by atoms with Gasteiger partial charge in [-0.25, -0.2) is 0 Å². The highest BCUT2D eigenvalue weighted by Crippen LogP contribution is 2.47. The van der Waals surface area contributed by atoms with E-state index in [2.05, 4.69) is 4.90 Å². The lowest BCUT2D eigenvalue weighted by Gasteiger charge is -2.38. The highest BCUT2D eigenvalue weighted by molar-refractivity contribution is 6.30. The Morgan fingerprint density at radius 2 is 1.68 bits per heavy atom. The Morgan fingerprint density at radius 3 is 2.29 bits per heavy atom. The van der Waals surface area contributed by atoms with Crippen molar-refractivity contribution in [3.63, 3.8) is 0 Å². The molecular formula is C23H28ClNO6. The van der Waals surface area contributed by atoms with Crippen LogP contribution >= 0.6 is 11.6 Å². The van der Waals surface area contributed by atoms with E-state index in [1.165, 1.54) is 0 Å². The smallest absolute Gasteiger partial charge is 0.307 e. The van der Waals surface area contributed by atoms with Gasteiger partial charge in [0.05, 0.1) is 40.4 Å². The van der Waals surface area contributed by atoms with Gasteiger partial charge in [-0.15, -0.1) is 0 Å². The Balaban J connectivity index is 2.23. The molecular weight excluding hydrogens is 422 g/mol. The molecule has 0 aromatic heterocycles. The molecule has 0 saturated carbocycles. The number of carbonyl (C=O) groups is 1. The number of methoxy groups -OCH3 is 4. The van der Waals surface area contributed by atoms with Crippen molar-refractivity contribution in [2.24, 2.45) is 5.92 Å². The molecule has 168 valence electrons. The number of hydrogen-bond donors (Lipinski definition) is 1. The summed E-state index contributed by atoms with van der Waals surface area (Å²) in [6, 6.07) is 8.81. The van der Waals surface area contributed by atoms with E-state index in [4.69, 9.17) is 30.5 Å². The van der Waals surface area contributed by atoms with Gasteiger partial charge in [0.1, 0.15) is 5.75 Å². The number of aliphatic carboxylic acids is 1. The molecule has 1 N–H and O–H groups in total. The molecule has 7 nitrogen and oxygen atoms in total. The Kier molecular flexibility index (Phi) is 7.51. The number of carboxylic acids is 1. The summed E-state index contributed by atoms with van der Waals surface area (Å²) in [4.78, 5) is 13.9. The minimum absolute atomic E-state index is 0.356. The molecule has 1 aliphatic heterocycles. The molecule has 2 unspecified atom stereocenters. The first-order valence-electron chi connectivity index (χ1n) is 10.0. The summed E-state index contributed by atoms with van der Waals surface area (Å²) >= 11 is 6.36. The van der Waals surface area contributed by atoms with Gasteiger partial charge in [-0.1, -0.05) is 11.6 Å². The summed E-state index contributed by atoms with van der Waals surface area (Å²) in [5.41, 5.74) is 1.64. The first-order valence-corrected chi connectivity index (χ1v) is 10.4. The van der Waals surface area contributed by atoms with Crippen LogP contribution in [0.25, 0.3) is 0 Å². The van der Waals surface area contributed by atoms with Crippen molar-refractivity contribution in [2.75, 3.05) is 41.5 Å². The first kappa shape index (κ1) is 23.0.